The average molecular weight is 319 g/mol. The summed E-state index contributed by atoms with van der Waals surface area (Å²) in [5.41, 5.74) is 5.55. The van der Waals surface area contributed by atoms with E-state index in [-0.39, 0.29) is 10.7 Å². The molecule has 17 heavy (non-hydrogen) atoms. The van der Waals surface area contributed by atoms with E-state index in [0.29, 0.717) is 10.9 Å². The van der Waals surface area contributed by atoms with Gasteiger partial charge in [0.2, 0.25) is 5.91 Å². The van der Waals surface area contributed by atoms with Crippen LogP contribution in [0.5, 0.6) is 0 Å². The van der Waals surface area contributed by atoms with Crippen LogP contribution in [-0.4, -0.2) is 10.9 Å². The summed E-state index contributed by atoms with van der Waals surface area (Å²) < 4.78 is 13.9. The summed E-state index contributed by atoms with van der Waals surface area (Å²) in [5.74, 6) is -1.49. The highest BCUT2D eigenvalue weighted by Crippen LogP contribution is 2.25. The van der Waals surface area contributed by atoms with Gasteiger partial charge in [-0.3, -0.25) is 4.79 Å². The second kappa shape index (κ2) is 6.07. The number of anilines is 1. The summed E-state index contributed by atoms with van der Waals surface area (Å²) in [5, 5.41) is 2.48. The lowest BCUT2D eigenvalue weighted by molar-refractivity contribution is -0.118. The minimum Gasteiger partial charge on any atom is -0.393 e. The SMILES string of the molecule is CCC(C(=O)Nc1c(F)cccc1Br)C(N)=S. The van der Waals surface area contributed by atoms with Crippen molar-refractivity contribution in [2.45, 2.75) is 13.3 Å². The lowest BCUT2D eigenvalue weighted by Crippen LogP contribution is -2.33. The Morgan fingerprint density at radius 3 is 2.76 bits per heavy atom. The zero-order valence-corrected chi connectivity index (χ0v) is 11.6. The maximum Gasteiger partial charge on any atom is 0.234 e. The van der Waals surface area contributed by atoms with E-state index in [1.807, 2.05) is 0 Å². The molecule has 0 fully saturated rings. The molecule has 0 saturated heterocycles. The van der Waals surface area contributed by atoms with Crippen LogP contribution in [0.2, 0.25) is 0 Å². The highest BCUT2D eigenvalue weighted by molar-refractivity contribution is 9.10. The number of para-hydroxylation sites is 1. The topological polar surface area (TPSA) is 55.1 Å². The third kappa shape index (κ3) is 3.47. The molecule has 1 aromatic rings. The summed E-state index contributed by atoms with van der Waals surface area (Å²) in [6.45, 7) is 1.79. The molecule has 1 unspecified atom stereocenters. The normalized spacial score (nSPS) is 11.9. The number of amides is 1. The maximum atomic E-state index is 13.5. The van der Waals surface area contributed by atoms with E-state index < -0.39 is 17.6 Å². The number of halogens is 2. The van der Waals surface area contributed by atoms with Gasteiger partial charge in [-0.05, 0) is 34.5 Å². The second-order valence-electron chi connectivity index (χ2n) is 3.45. The van der Waals surface area contributed by atoms with Crippen LogP contribution in [0.25, 0.3) is 0 Å². The Hall–Kier alpha value is -1.01. The molecule has 1 atom stereocenters. The molecule has 3 N–H and O–H groups in total. The van der Waals surface area contributed by atoms with Crippen LogP contribution in [0.4, 0.5) is 10.1 Å². The van der Waals surface area contributed by atoms with Gasteiger partial charge in [0.1, 0.15) is 5.82 Å². The van der Waals surface area contributed by atoms with Crippen LogP contribution >= 0.6 is 28.1 Å². The number of thiocarbonyl (C=S) groups is 1. The molecule has 1 amide bonds. The first-order valence-corrected chi connectivity index (χ1v) is 6.21. The number of rotatable bonds is 4. The molecule has 1 aromatic carbocycles. The van der Waals surface area contributed by atoms with Crippen LogP contribution in [0, 0.1) is 11.7 Å². The van der Waals surface area contributed by atoms with Gasteiger partial charge in [-0.15, -0.1) is 0 Å². The molecule has 0 saturated carbocycles. The lowest BCUT2D eigenvalue weighted by Gasteiger charge is -2.14. The molecule has 92 valence electrons. The summed E-state index contributed by atoms with van der Waals surface area (Å²) in [7, 11) is 0. The smallest absolute Gasteiger partial charge is 0.234 e. The van der Waals surface area contributed by atoms with Crippen molar-refractivity contribution in [3.8, 4) is 0 Å². The number of hydrogen-bond donors (Lipinski definition) is 2. The van der Waals surface area contributed by atoms with Crippen LogP contribution < -0.4 is 11.1 Å². The highest BCUT2D eigenvalue weighted by atomic mass is 79.9. The Bertz CT molecular complexity index is 433. The van der Waals surface area contributed by atoms with Crippen molar-refractivity contribution < 1.29 is 9.18 Å². The molecule has 0 heterocycles. The Kier molecular flexibility index (Phi) is 5.02. The second-order valence-corrected chi connectivity index (χ2v) is 4.77. The van der Waals surface area contributed by atoms with E-state index in [1.165, 1.54) is 6.07 Å². The van der Waals surface area contributed by atoms with E-state index in [9.17, 15) is 9.18 Å². The van der Waals surface area contributed by atoms with Gasteiger partial charge >= 0.3 is 0 Å². The maximum absolute atomic E-state index is 13.5. The quantitative estimate of drug-likeness (QED) is 0.839. The summed E-state index contributed by atoms with van der Waals surface area (Å²) in [6, 6.07) is 4.45. The van der Waals surface area contributed by atoms with Gasteiger partial charge in [-0.2, -0.15) is 0 Å². The molecule has 3 nitrogen and oxygen atoms in total. The van der Waals surface area contributed by atoms with E-state index in [2.05, 4.69) is 21.2 Å². The fraction of sp³-hybridized carbons (Fsp3) is 0.273. The first kappa shape index (κ1) is 14.1. The van der Waals surface area contributed by atoms with Gasteiger partial charge < -0.3 is 11.1 Å². The van der Waals surface area contributed by atoms with E-state index in [1.54, 1.807) is 19.1 Å². The van der Waals surface area contributed by atoms with Crippen molar-refractivity contribution in [3.05, 3.63) is 28.5 Å². The monoisotopic (exact) mass is 318 g/mol. The Balaban J connectivity index is 2.91. The number of nitrogens with two attached hydrogens (primary N) is 1. The lowest BCUT2D eigenvalue weighted by atomic mass is 10.1. The number of benzene rings is 1. The molecule has 0 bridgehead atoms. The Morgan fingerprint density at radius 2 is 2.29 bits per heavy atom. The largest absolute Gasteiger partial charge is 0.393 e. The minimum absolute atomic E-state index is 0.104. The summed E-state index contributed by atoms with van der Waals surface area (Å²) in [4.78, 5) is 11.9. The van der Waals surface area contributed by atoms with Gasteiger partial charge in [-0.1, -0.05) is 25.2 Å². The molecule has 0 aliphatic heterocycles. The van der Waals surface area contributed by atoms with E-state index >= 15 is 0 Å². The number of hydrogen-bond acceptors (Lipinski definition) is 2. The van der Waals surface area contributed by atoms with Gasteiger partial charge in [0.15, 0.2) is 0 Å². The number of carbonyl (C=O) groups is 1. The predicted octanol–water partition coefficient (Wildman–Crippen LogP) is 2.84. The summed E-state index contributed by atoms with van der Waals surface area (Å²) >= 11 is 7.95. The van der Waals surface area contributed by atoms with Crippen LogP contribution in [-0.2, 0) is 4.79 Å². The zero-order chi connectivity index (χ0) is 13.0. The fourth-order valence-electron chi connectivity index (χ4n) is 1.34. The van der Waals surface area contributed by atoms with E-state index in [4.69, 9.17) is 18.0 Å². The van der Waals surface area contributed by atoms with Gasteiger partial charge in [0.25, 0.3) is 0 Å². The van der Waals surface area contributed by atoms with Gasteiger partial charge in [-0.25, -0.2) is 4.39 Å². The molecule has 1 rings (SSSR count). The van der Waals surface area contributed by atoms with Gasteiger partial charge in [0.05, 0.1) is 16.6 Å². The number of carbonyl (C=O) groups excluding carboxylic acids is 1. The molecule has 0 aliphatic carbocycles. The molecule has 0 aromatic heterocycles. The molecule has 0 spiro atoms. The first-order valence-electron chi connectivity index (χ1n) is 5.01. The summed E-state index contributed by atoms with van der Waals surface area (Å²) in [6.07, 6.45) is 0.479. The third-order valence-electron chi connectivity index (χ3n) is 2.28. The Morgan fingerprint density at radius 1 is 1.65 bits per heavy atom. The predicted molar refractivity (Wildman–Crippen MR) is 73.3 cm³/mol. The van der Waals surface area contributed by atoms with Crippen molar-refractivity contribution in [1.29, 1.82) is 0 Å². The van der Waals surface area contributed by atoms with Crippen molar-refractivity contribution in [1.82, 2.24) is 0 Å². The Labute approximate surface area is 113 Å². The molecule has 0 radical (unpaired) electrons. The molecule has 0 aliphatic rings. The molecular weight excluding hydrogens is 307 g/mol. The average Bonchev–Trinajstić information content (AvgIpc) is 2.24. The first-order chi connectivity index (χ1) is 7.97. The zero-order valence-electron chi connectivity index (χ0n) is 9.17. The molecular formula is C11H12BrFN2OS. The van der Waals surface area contributed by atoms with Crippen molar-refractivity contribution in [2.75, 3.05) is 5.32 Å². The van der Waals surface area contributed by atoms with Crippen LogP contribution in [0.1, 0.15) is 13.3 Å². The highest BCUT2D eigenvalue weighted by Gasteiger charge is 2.21. The number of nitrogens with one attached hydrogen (secondary N) is 1. The van der Waals surface area contributed by atoms with Crippen molar-refractivity contribution in [3.63, 3.8) is 0 Å². The fourth-order valence-corrected chi connectivity index (χ4v) is 2.06. The minimum atomic E-state index is -0.587. The standard InChI is InChI=1S/C11H12BrFN2OS/c1-2-6(10(14)17)11(16)15-9-7(12)4-3-5-8(9)13/h3-6H,2H2,1H3,(H2,14,17)(H,15,16). The van der Waals surface area contributed by atoms with Gasteiger partial charge in [0, 0.05) is 4.47 Å². The molecule has 6 heteroatoms. The van der Waals surface area contributed by atoms with Crippen LogP contribution in [0.3, 0.4) is 0 Å². The van der Waals surface area contributed by atoms with E-state index in [0.717, 1.165) is 0 Å². The van der Waals surface area contributed by atoms with Crippen molar-refractivity contribution in [2.24, 2.45) is 11.7 Å². The van der Waals surface area contributed by atoms with Crippen LogP contribution in [0.15, 0.2) is 22.7 Å². The third-order valence-corrected chi connectivity index (χ3v) is 3.22. The van der Waals surface area contributed by atoms with Crippen molar-refractivity contribution >= 4 is 44.7 Å².